The van der Waals surface area contributed by atoms with Gasteiger partial charge in [-0.2, -0.15) is 0 Å². The Hall–Kier alpha value is -0.700. The molecule has 12 heavy (non-hydrogen) atoms. The van der Waals surface area contributed by atoms with Gasteiger partial charge in [0, 0.05) is 12.5 Å². The van der Waals surface area contributed by atoms with Crippen LogP contribution < -0.4 is 0 Å². The fourth-order valence-corrected chi connectivity index (χ4v) is 1.07. The Morgan fingerprint density at radius 1 is 1.42 bits per heavy atom. The third kappa shape index (κ3) is 2.14. The van der Waals surface area contributed by atoms with Crippen LogP contribution in [0.3, 0.4) is 0 Å². The minimum atomic E-state index is -0.177. The molecule has 0 N–H and O–H groups in total. The topological polar surface area (TPSA) is 43.4 Å². The fraction of sp³-hybridized carbons (Fsp3) is 0.778. The normalized spacial score (nSPS) is 18.8. The third-order valence-corrected chi connectivity index (χ3v) is 2.34. The molecule has 0 saturated heterocycles. The van der Waals surface area contributed by atoms with Crippen molar-refractivity contribution in [1.82, 2.24) is 0 Å². The van der Waals surface area contributed by atoms with E-state index in [2.05, 4.69) is 4.74 Å². The summed E-state index contributed by atoms with van der Waals surface area (Å²) in [6.45, 7) is 1.97. The molecule has 0 amide bonds. The second kappa shape index (κ2) is 3.35. The Kier molecular flexibility index (Phi) is 2.62. The summed E-state index contributed by atoms with van der Waals surface area (Å²) in [4.78, 5) is 22.3. The number of ketones is 2. The zero-order valence-corrected chi connectivity index (χ0v) is 7.55. The van der Waals surface area contributed by atoms with E-state index in [-0.39, 0.29) is 30.0 Å². The van der Waals surface area contributed by atoms with Crippen molar-refractivity contribution in [2.24, 2.45) is 5.41 Å². The van der Waals surface area contributed by atoms with Crippen LogP contribution >= 0.6 is 0 Å². The molecule has 3 nitrogen and oxygen atoms in total. The summed E-state index contributed by atoms with van der Waals surface area (Å²) in [7, 11) is 1.46. The first-order chi connectivity index (χ1) is 5.58. The zero-order chi connectivity index (χ0) is 9.19. The van der Waals surface area contributed by atoms with Gasteiger partial charge < -0.3 is 4.74 Å². The van der Waals surface area contributed by atoms with Crippen LogP contribution in [-0.4, -0.2) is 25.3 Å². The molecule has 3 heteroatoms. The Labute approximate surface area is 72.1 Å². The fourth-order valence-electron chi connectivity index (χ4n) is 1.07. The molecule has 0 bridgehead atoms. The summed E-state index contributed by atoms with van der Waals surface area (Å²) in [5, 5.41) is 0. The van der Waals surface area contributed by atoms with Gasteiger partial charge in [0.1, 0.15) is 12.4 Å². The molecule has 0 radical (unpaired) electrons. The average molecular weight is 170 g/mol. The molecule has 0 spiro atoms. The van der Waals surface area contributed by atoms with Crippen LogP contribution in [-0.2, 0) is 14.3 Å². The largest absolute Gasteiger partial charge is 0.377 e. The highest BCUT2D eigenvalue weighted by molar-refractivity contribution is 6.03. The highest BCUT2D eigenvalue weighted by Gasteiger charge is 2.44. The highest BCUT2D eigenvalue weighted by atomic mass is 16.5. The summed E-state index contributed by atoms with van der Waals surface area (Å²) in [5.74, 6) is -0.0415. The lowest BCUT2D eigenvalue weighted by atomic mass is 9.99. The Bertz CT molecular complexity index is 204. The van der Waals surface area contributed by atoms with E-state index in [1.165, 1.54) is 7.11 Å². The van der Waals surface area contributed by atoms with E-state index < -0.39 is 0 Å². The molecule has 0 aromatic heterocycles. The second-order valence-electron chi connectivity index (χ2n) is 3.63. The van der Waals surface area contributed by atoms with Gasteiger partial charge in [0.15, 0.2) is 5.78 Å². The molecule has 0 aromatic rings. The third-order valence-electron chi connectivity index (χ3n) is 2.34. The van der Waals surface area contributed by atoms with Gasteiger partial charge in [-0.05, 0) is 12.8 Å². The lowest BCUT2D eigenvalue weighted by Gasteiger charge is -2.04. The number of methoxy groups -OCH3 is 1. The number of Topliss-reactive ketones (excluding diaryl/α,β-unsaturated/α-hetero) is 2. The number of hydrogen-bond donors (Lipinski definition) is 0. The van der Waals surface area contributed by atoms with Gasteiger partial charge in [-0.1, -0.05) is 6.92 Å². The minimum absolute atomic E-state index is 0.0460. The lowest BCUT2D eigenvalue weighted by Crippen LogP contribution is -2.19. The molecule has 1 aliphatic rings. The van der Waals surface area contributed by atoms with Crippen molar-refractivity contribution in [1.29, 1.82) is 0 Å². The van der Waals surface area contributed by atoms with Crippen LogP contribution in [0.5, 0.6) is 0 Å². The molecular weight excluding hydrogens is 156 g/mol. The van der Waals surface area contributed by atoms with Crippen LogP contribution in [0.15, 0.2) is 0 Å². The number of carbonyl (C=O) groups is 2. The monoisotopic (exact) mass is 170 g/mol. The predicted molar refractivity (Wildman–Crippen MR) is 43.8 cm³/mol. The van der Waals surface area contributed by atoms with E-state index >= 15 is 0 Å². The molecule has 1 saturated carbocycles. The standard InChI is InChI=1S/C9H14O3/c1-9(3-4-9)8(11)5-7(10)6-12-2/h3-6H2,1-2H3. The summed E-state index contributed by atoms with van der Waals surface area (Å²) < 4.78 is 4.64. The quantitative estimate of drug-likeness (QED) is 0.577. The van der Waals surface area contributed by atoms with Crippen molar-refractivity contribution in [3.8, 4) is 0 Å². The van der Waals surface area contributed by atoms with E-state index in [1.807, 2.05) is 6.92 Å². The molecule has 0 heterocycles. The molecular formula is C9H14O3. The maximum absolute atomic E-state index is 11.3. The first-order valence-electron chi connectivity index (χ1n) is 4.12. The molecule has 0 atom stereocenters. The number of ether oxygens (including phenoxy) is 1. The van der Waals surface area contributed by atoms with E-state index in [1.54, 1.807) is 0 Å². The maximum Gasteiger partial charge on any atom is 0.165 e. The average Bonchev–Trinajstić information content (AvgIpc) is 2.69. The zero-order valence-electron chi connectivity index (χ0n) is 7.55. The van der Waals surface area contributed by atoms with Gasteiger partial charge in [-0.3, -0.25) is 9.59 Å². The van der Waals surface area contributed by atoms with Crippen LogP contribution in [0.2, 0.25) is 0 Å². The van der Waals surface area contributed by atoms with E-state index in [9.17, 15) is 9.59 Å². The molecule has 1 rings (SSSR count). The van der Waals surface area contributed by atoms with Crippen molar-refractivity contribution in [3.05, 3.63) is 0 Å². The Balaban J connectivity index is 2.31. The second-order valence-corrected chi connectivity index (χ2v) is 3.63. The van der Waals surface area contributed by atoms with Crippen LogP contribution in [0, 0.1) is 5.41 Å². The van der Waals surface area contributed by atoms with Gasteiger partial charge >= 0.3 is 0 Å². The summed E-state index contributed by atoms with van der Waals surface area (Å²) >= 11 is 0. The van der Waals surface area contributed by atoms with Crippen molar-refractivity contribution in [2.45, 2.75) is 26.2 Å². The van der Waals surface area contributed by atoms with E-state index in [0.29, 0.717) is 0 Å². The van der Waals surface area contributed by atoms with Crippen LogP contribution in [0.25, 0.3) is 0 Å². The predicted octanol–water partition coefficient (Wildman–Crippen LogP) is 0.961. The number of hydrogen-bond acceptors (Lipinski definition) is 3. The van der Waals surface area contributed by atoms with Gasteiger partial charge in [-0.15, -0.1) is 0 Å². The van der Waals surface area contributed by atoms with Crippen molar-refractivity contribution in [2.75, 3.05) is 13.7 Å². The first-order valence-corrected chi connectivity index (χ1v) is 4.12. The van der Waals surface area contributed by atoms with Gasteiger partial charge in [-0.25, -0.2) is 0 Å². The summed E-state index contributed by atoms with van der Waals surface area (Å²) in [6.07, 6.45) is 1.92. The minimum Gasteiger partial charge on any atom is -0.377 e. The van der Waals surface area contributed by atoms with Gasteiger partial charge in [0.2, 0.25) is 0 Å². The summed E-state index contributed by atoms with van der Waals surface area (Å²) in [6, 6.07) is 0. The first kappa shape index (κ1) is 9.39. The SMILES string of the molecule is COCC(=O)CC(=O)C1(C)CC1. The van der Waals surface area contributed by atoms with Crippen LogP contribution in [0.4, 0.5) is 0 Å². The Morgan fingerprint density at radius 3 is 2.42 bits per heavy atom. The van der Waals surface area contributed by atoms with Crippen molar-refractivity contribution < 1.29 is 14.3 Å². The maximum atomic E-state index is 11.3. The number of rotatable bonds is 5. The van der Waals surface area contributed by atoms with Crippen LogP contribution in [0.1, 0.15) is 26.2 Å². The van der Waals surface area contributed by atoms with Gasteiger partial charge in [0.25, 0.3) is 0 Å². The molecule has 0 unspecified atom stereocenters. The smallest absolute Gasteiger partial charge is 0.165 e. The Morgan fingerprint density at radius 2 is 2.00 bits per heavy atom. The lowest BCUT2D eigenvalue weighted by molar-refractivity contribution is -0.131. The molecule has 1 aliphatic carbocycles. The molecule has 1 fully saturated rings. The van der Waals surface area contributed by atoms with E-state index in [4.69, 9.17) is 0 Å². The molecule has 0 aromatic carbocycles. The molecule has 0 aliphatic heterocycles. The van der Waals surface area contributed by atoms with E-state index in [0.717, 1.165) is 12.8 Å². The van der Waals surface area contributed by atoms with Gasteiger partial charge in [0.05, 0.1) is 6.42 Å². The molecule has 68 valence electrons. The summed E-state index contributed by atoms with van der Waals surface area (Å²) in [5.41, 5.74) is -0.177. The highest BCUT2D eigenvalue weighted by Crippen LogP contribution is 2.46. The van der Waals surface area contributed by atoms with Crippen molar-refractivity contribution >= 4 is 11.6 Å². The van der Waals surface area contributed by atoms with Crippen molar-refractivity contribution in [3.63, 3.8) is 0 Å². The number of carbonyl (C=O) groups excluding carboxylic acids is 2.